The molecule has 0 saturated heterocycles. The molecular formula is C24H27N3O5S. The number of hydroxylamine groups is 1. The largest absolute Gasteiger partial charge is 0.457 e. The zero-order chi connectivity index (χ0) is 23.8. The molecule has 0 radical (unpaired) electrons. The van der Waals surface area contributed by atoms with Gasteiger partial charge in [-0.3, -0.25) is 14.3 Å². The normalized spacial score (nSPS) is 12.1. The maximum Gasteiger partial charge on any atom is 0.262 e. The molecule has 8 nitrogen and oxygen atoms in total. The smallest absolute Gasteiger partial charge is 0.262 e. The first-order chi connectivity index (χ1) is 15.8. The van der Waals surface area contributed by atoms with Crippen molar-refractivity contribution in [2.24, 2.45) is 0 Å². The molecule has 0 aliphatic heterocycles. The van der Waals surface area contributed by atoms with Crippen LogP contribution in [0.1, 0.15) is 11.1 Å². The number of aryl methyl sites for hydroxylation is 1. The van der Waals surface area contributed by atoms with E-state index in [1.165, 1.54) is 0 Å². The number of ether oxygens (including phenoxy) is 1. The number of carbonyl (C=O) groups excluding carboxylic acids is 1. The summed E-state index contributed by atoms with van der Waals surface area (Å²) in [4.78, 5) is 12.2. The van der Waals surface area contributed by atoms with Crippen molar-refractivity contribution in [1.29, 1.82) is 0 Å². The van der Waals surface area contributed by atoms with Gasteiger partial charge in [0.05, 0.1) is 18.5 Å². The van der Waals surface area contributed by atoms with E-state index in [9.17, 15) is 13.2 Å². The number of hydrogen-bond acceptors (Lipinski definition) is 6. The fourth-order valence-electron chi connectivity index (χ4n) is 3.18. The highest BCUT2D eigenvalue weighted by Crippen LogP contribution is 2.26. The molecule has 1 amide bonds. The molecule has 0 saturated carbocycles. The number of anilines is 1. The molecule has 3 rings (SSSR count). The highest BCUT2D eigenvalue weighted by Gasteiger charge is 2.26. The lowest BCUT2D eigenvalue weighted by Gasteiger charge is -2.27. The second kappa shape index (κ2) is 11.0. The first-order valence-corrected chi connectivity index (χ1v) is 12.1. The van der Waals surface area contributed by atoms with Gasteiger partial charge in [-0.25, -0.2) is 13.9 Å². The van der Waals surface area contributed by atoms with Gasteiger partial charge in [-0.05, 0) is 48.9 Å². The lowest BCUT2D eigenvalue weighted by atomic mass is 10.2. The summed E-state index contributed by atoms with van der Waals surface area (Å²) in [7, 11) is -3.72. The van der Waals surface area contributed by atoms with Crippen molar-refractivity contribution in [2.75, 3.05) is 17.1 Å². The Hall–Kier alpha value is -3.40. The zero-order valence-corrected chi connectivity index (χ0v) is 19.2. The molecule has 3 aromatic carbocycles. The second-order valence-electron chi connectivity index (χ2n) is 7.60. The molecule has 3 N–H and O–H groups in total. The van der Waals surface area contributed by atoms with Gasteiger partial charge in [-0.15, -0.1) is 0 Å². The van der Waals surface area contributed by atoms with Gasteiger partial charge in [-0.2, -0.15) is 0 Å². The lowest BCUT2D eigenvalue weighted by Crippen LogP contribution is -2.51. The zero-order valence-electron chi connectivity index (χ0n) is 18.4. The highest BCUT2D eigenvalue weighted by molar-refractivity contribution is 7.92. The predicted octanol–water partition coefficient (Wildman–Crippen LogP) is 3.22. The molecule has 0 heterocycles. The van der Waals surface area contributed by atoms with E-state index in [4.69, 9.17) is 9.94 Å². The summed E-state index contributed by atoms with van der Waals surface area (Å²) in [5.74, 6) is 0.472. The number of benzene rings is 3. The number of nitrogens with zero attached hydrogens (tertiary/aromatic N) is 1. The summed E-state index contributed by atoms with van der Waals surface area (Å²) in [5, 5.41) is 12.2. The monoisotopic (exact) mass is 469 g/mol. The summed E-state index contributed by atoms with van der Waals surface area (Å²) < 4.78 is 32.0. The van der Waals surface area contributed by atoms with Crippen LogP contribution in [0.3, 0.4) is 0 Å². The van der Waals surface area contributed by atoms with Crippen molar-refractivity contribution in [1.82, 2.24) is 10.8 Å². The van der Waals surface area contributed by atoms with E-state index >= 15 is 0 Å². The number of amides is 1. The molecule has 0 fully saturated rings. The highest BCUT2D eigenvalue weighted by atomic mass is 32.2. The molecule has 174 valence electrons. The Bertz CT molecular complexity index is 1150. The van der Waals surface area contributed by atoms with E-state index in [1.807, 2.05) is 61.5 Å². The number of carbonyl (C=O) groups is 1. The minimum atomic E-state index is -3.72. The average Bonchev–Trinajstić information content (AvgIpc) is 2.81. The van der Waals surface area contributed by atoms with Crippen LogP contribution in [0.25, 0.3) is 0 Å². The van der Waals surface area contributed by atoms with Crippen LogP contribution in [0.5, 0.6) is 11.5 Å². The van der Waals surface area contributed by atoms with Crippen LogP contribution in [-0.2, 0) is 21.4 Å². The summed E-state index contributed by atoms with van der Waals surface area (Å²) in [6.45, 7) is 2.09. The summed E-state index contributed by atoms with van der Waals surface area (Å²) in [6.07, 6.45) is 1.06. The van der Waals surface area contributed by atoms with Gasteiger partial charge in [0.15, 0.2) is 0 Å². The molecule has 1 unspecified atom stereocenters. The third-order valence-corrected chi connectivity index (χ3v) is 6.11. The van der Waals surface area contributed by atoms with Crippen molar-refractivity contribution in [3.8, 4) is 11.5 Å². The van der Waals surface area contributed by atoms with E-state index in [0.717, 1.165) is 21.7 Å². The summed E-state index contributed by atoms with van der Waals surface area (Å²) >= 11 is 0. The molecular weight excluding hydrogens is 442 g/mol. The number of sulfonamides is 1. The Morgan fingerprint density at radius 1 is 0.970 bits per heavy atom. The van der Waals surface area contributed by atoms with E-state index < -0.39 is 22.0 Å². The van der Waals surface area contributed by atoms with Crippen LogP contribution < -0.4 is 19.8 Å². The van der Waals surface area contributed by atoms with Crippen molar-refractivity contribution in [3.63, 3.8) is 0 Å². The Labute approximate surface area is 193 Å². The maximum absolute atomic E-state index is 12.5. The molecule has 0 aromatic heterocycles. The standard InChI is InChI=1S/C24H27N3O5S/c1-18-8-12-21(13-9-18)32-22-14-10-20(11-15-22)27(33(2,30)31)17-23(24(28)26-29)25-16-19-6-4-3-5-7-19/h3-15,23,25,29H,16-17H2,1-2H3,(H,26,28). The molecule has 9 heteroatoms. The molecule has 0 aliphatic rings. The Kier molecular flexibility index (Phi) is 8.05. The minimum Gasteiger partial charge on any atom is -0.457 e. The minimum absolute atomic E-state index is 0.212. The van der Waals surface area contributed by atoms with Crippen LogP contribution in [-0.4, -0.2) is 38.4 Å². The molecule has 0 bridgehead atoms. The summed E-state index contributed by atoms with van der Waals surface area (Å²) in [6, 6.07) is 22.5. The van der Waals surface area contributed by atoms with Gasteiger partial charge in [0.1, 0.15) is 17.5 Å². The van der Waals surface area contributed by atoms with Crippen molar-refractivity contribution >= 4 is 21.6 Å². The van der Waals surface area contributed by atoms with Gasteiger partial charge in [0.2, 0.25) is 10.0 Å². The first-order valence-electron chi connectivity index (χ1n) is 10.3. The predicted molar refractivity (Wildman–Crippen MR) is 127 cm³/mol. The van der Waals surface area contributed by atoms with E-state index in [1.54, 1.807) is 29.7 Å². The van der Waals surface area contributed by atoms with Crippen LogP contribution >= 0.6 is 0 Å². The van der Waals surface area contributed by atoms with Gasteiger partial charge in [0, 0.05) is 6.54 Å². The van der Waals surface area contributed by atoms with Crippen LogP contribution in [0, 0.1) is 6.92 Å². The second-order valence-corrected chi connectivity index (χ2v) is 9.51. The van der Waals surface area contributed by atoms with Gasteiger partial charge >= 0.3 is 0 Å². The fraction of sp³-hybridized carbons (Fsp3) is 0.208. The third kappa shape index (κ3) is 7.04. The molecule has 1 atom stereocenters. The fourth-order valence-corrected chi connectivity index (χ4v) is 4.10. The van der Waals surface area contributed by atoms with E-state index in [-0.39, 0.29) is 6.54 Å². The molecule has 33 heavy (non-hydrogen) atoms. The van der Waals surface area contributed by atoms with Crippen molar-refractivity contribution in [3.05, 3.63) is 90.0 Å². The SMILES string of the molecule is Cc1ccc(Oc2ccc(N(CC(NCc3ccccc3)C(=O)NO)S(C)(=O)=O)cc2)cc1. The number of rotatable bonds is 10. The molecule has 3 aromatic rings. The first kappa shape index (κ1) is 24.2. The van der Waals surface area contributed by atoms with Gasteiger partial charge in [0.25, 0.3) is 5.91 Å². The topological polar surface area (TPSA) is 108 Å². The third-order valence-electron chi connectivity index (χ3n) is 4.95. The molecule has 0 spiro atoms. The van der Waals surface area contributed by atoms with Crippen molar-refractivity contribution < 1.29 is 23.2 Å². The van der Waals surface area contributed by atoms with E-state index in [0.29, 0.717) is 23.7 Å². The average molecular weight is 470 g/mol. The Balaban J connectivity index is 1.77. The summed E-state index contributed by atoms with van der Waals surface area (Å²) in [5.41, 5.74) is 4.00. The number of nitrogens with one attached hydrogen (secondary N) is 2. The van der Waals surface area contributed by atoms with Crippen LogP contribution in [0.15, 0.2) is 78.9 Å². The Morgan fingerprint density at radius 3 is 2.09 bits per heavy atom. The maximum atomic E-state index is 12.5. The van der Waals surface area contributed by atoms with Gasteiger partial charge in [-0.1, -0.05) is 48.0 Å². The van der Waals surface area contributed by atoms with Crippen molar-refractivity contribution in [2.45, 2.75) is 19.5 Å². The van der Waals surface area contributed by atoms with E-state index in [2.05, 4.69) is 5.32 Å². The van der Waals surface area contributed by atoms with Crippen LogP contribution in [0.2, 0.25) is 0 Å². The number of hydrogen-bond donors (Lipinski definition) is 3. The molecule has 0 aliphatic carbocycles. The Morgan fingerprint density at radius 2 is 1.55 bits per heavy atom. The quantitative estimate of drug-likeness (QED) is 0.311. The van der Waals surface area contributed by atoms with Crippen LogP contribution in [0.4, 0.5) is 5.69 Å². The van der Waals surface area contributed by atoms with Gasteiger partial charge < -0.3 is 10.1 Å². The lowest BCUT2D eigenvalue weighted by molar-refractivity contribution is -0.131.